The number of hydrogen-bond acceptors (Lipinski definition) is 5. The van der Waals surface area contributed by atoms with Gasteiger partial charge in [-0.1, -0.05) is 0 Å². The van der Waals surface area contributed by atoms with Crippen LogP contribution in [0.15, 0.2) is 0 Å². The third-order valence-corrected chi connectivity index (χ3v) is 5.16. The fourth-order valence-corrected chi connectivity index (χ4v) is 4.59. The Balaban J connectivity index is 2.81. The lowest BCUT2D eigenvalue weighted by Crippen LogP contribution is -2.40. The molecule has 0 aromatic carbocycles. The molecule has 0 unspecified atom stereocenters. The van der Waals surface area contributed by atoms with Crippen molar-refractivity contribution in [2.24, 2.45) is 5.73 Å². The average Bonchev–Trinajstić information content (AvgIpc) is 2.23. The second kappa shape index (κ2) is 4.43. The monoisotopic (exact) mass is 262 g/mol. The largest absolute Gasteiger partial charge is 0.325 e. The number of sulfone groups is 1. The summed E-state index contributed by atoms with van der Waals surface area (Å²) in [5, 5.41) is 0.652. The zero-order chi connectivity index (χ0) is 12.6. The highest BCUT2D eigenvalue weighted by molar-refractivity contribution is 7.90. The van der Waals surface area contributed by atoms with Gasteiger partial charge in [0.15, 0.2) is 9.84 Å². The molecule has 4 nitrogen and oxygen atoms in total. The summed E-state index contributed by atoms with van der Waals surface area (Å²) in [7, 11) is -3.17. The molecule has 0 saturated carbocycles. The minimum absolute atomic E-state index is 0.00697. The van der Waals surface area contributed by atoms with Gasteiger partial charge in [0.2, 0.25) is 0 Å². The lowest BCUT2D eigenvalue weighted by atomic mass is 10.1. The van der Waals surface area contributed by atoms with Gasteiger partial charge in [0.1, 0.15) is 10.8 Å². The lowest BCUT2D eigenvalue weighted by Gasteiger charge is -2.17. The van der Waals surface area contributed by atoms with E-state index in [1.807, 2.05) is 13.8 Å². The smallest absolute Gasteiger partial charge is 0.158 e. The highest BCUT2D eigenvalue weighted by atomic mass is 32.2. The van der Waals surface area contributed by atoms with Crippen molar-refractivity contribution in [3.8, 4) is 0 Å². The first-order chi connectivity index (χ1) is 7.09. The Morgan fingerprint density at radius 1 is 1.38 bits per heavy atom. The van der Waals surface area contributed by atoms with Crippen LogP contribution >= 0.6 is 11.3 Å². The Bertz CT molecular complexity index is 450. The van der Waals surface area contributed by atoms with Crippen LogP contribution in [0.3, 0.4) is 0 Å². The summed E-state index contributed by atoms with van der Waals surface area (Å²) < 4.78 is 23.6. The van der Waals surface area contributed by atoms with Crippen molar-refractivity contribution in [1.82, 2.24) is 4.98 Å². The number of hydrogen-bond donors (Lipinski definition) is 1. The van der Waals surface area contributed by atoms with Crippen LogP contribution in [0.5, 0.6) is 0 Å². The second-order valence-corrected chi connectivity index (χ2v) is 8.12. The van der Waals surface area contributed by atoms with Gasteiger partial charge in [0, 0.05) is 10.4 Å². The van der Waals surface area contributed by atoms with Gasteiger partial charge in [-0.05, 0) is 27.7 Å². The van der Waals surface area contributed by atoms with Gasteiger partial charge in [-0.2, -0.15) is 0 Å². The van der Waals surface area contributed by atoms with E-state index >= 15 is 0 Å². The molecule has 0 radical (unpaired) electrons. The van der Waals surface area contributed by atoms with Crippen LogP contribution in [0, 0.1) is 13.8 Å². The van der Waals surface area contributed by atoms with Crippen molar-refractivity contribution in [2.45, 2.75) is 39.0 Å². The van der Waals surface area contributed by atoms with Crippen molar-refractivity contribution >= 4 is 21.2 Å². The highest BCUT2D eigenvalue weighted by Gasteiger charge is 2.23. The van der Waals surface area contributed by atoms with Crippen LogP contribution in [0.1, 0.15) is 29.4 Å². The number of nitrogens with zero attached hydrogens (tertiary/aromatic N) is 1. The van der Waals surface area contributed by atoms with E-state index in [4.69, 9.17) is 5.73 Å². The first-order valence-electron chi connectivity index (χ1n) is 5.01. The van der Waals surface area contributed by atoms with Crippen LogP contribution in [0.4, 0.5) is 0 Å². The van der Waals surface area contributed by atoms with Crippen LogP contribution in [-0.4, -0.2) is 24.7 Å². The predicted octanol–water partition coefficient (Wildman–Crippen LogP) is 1.41. The van der Waals surface area contributed by atoms with Gasteiger partial charge in [-0.3, -0.25) is 0 Å². The molecule has 92 valence electrons. The molecule has 0 aliphatic carbocycles. The Morgan fingerprint density at radius 3 is 2.31 bits per heavy atom. The van der Waals surface area contributed by atoms with E-state index in [0.29, 0.717) is 5.01 Å². The minimum atomic E-state index is -3.17. The minimum Gasteiger partial charge on any atom is -0.325 e. The summed E-state index contributed by atoms with van der Waals surface area (Å²) in [5.74, 6) is -0.0232. The van der Waals surface area contributed by atoms with Gasteiger partial charge in [-0.25, -0.2) is 13.4 Å². The number of thiazole rings is 1. The zero-order valence-corrected chi connectivity index (χ0v) is 11.7. The summed E-state index contributed by atoms with van der Waals surface area (Å²) in [6.07, 6.45) is 0. The van der Waals surface area contributed by atoms with Gasteiger partial charge in [-0.15, -0.1) is 11.3 Å². The highest BCUT2D eigenvalue weighted by Crippen LogP contribution is 2.19. The molecule has 2 N–H and O–H groups in total. The number of nitrogens with two attached hydrogens (primary N) is 1. The molecule has 0 spiro atoms. The third-order valence-electron chi connectivity index (χ3n) is 2.01. The third kappa shape index (κ3) is 4.19. The molecule has 0 aliphatic heterocycles. The molecule has 16 heavy (non-hydrogen) atoms. The van der Waals surface area contributed by atoms with Crippen LogP contribution in [-0.2, 0) is 15.6 Å². The van der Waals surface area contributed by atoms with Gasteiger partial charge in [0.05, 0.1) is 11.4 Å². The first-order valence-corrected chi connectivity index (χ1v) is 7.65. The molecule has 0 fully saturated rings. The van der Waals surface area contributed by atoms with E-state index in [-0.39, 0.29) is 11.5 Å². The molecule has 0 aliphatic rings. The number of rotatable bonds is 4. The quantitative estimate of drug-likeness (QED) is 0.890. The molecule has 0 amide bonds. The van der Waals surface area contributed by atoms with Gasteiger partial charge >= 0.3 is 0 Å². The maximum absolute atomic E-state index is 11.8. The van der Waals surface area contributed by atoms with Crippen molar-refractivity contribution < 1.29 is 8.42 Å². The summed E-state index contributed by atoms with van der Waals surface area (Å²) in [6, 6.07) is 0. The predicted molar refractivity (Wildman–Crippen MR) is 67.3 cm³/mol. The Labute approximate surface area is 101 Å². The van der Waals surface area contributed by atoms with Crippen molar-refractivity contribution in [3.05, 3.63) is 15.6 Å². The van der Waals surface area contributed by atoms with E-state index in [0.717, 1.165) is 10.6 Å². The van der Waals surface area contributed by atoms with E-state index in [1.165, 1.54) is 11.3 Å². The van der Waals surface area contributed by atoms with Crippen molar-refractivity contribution in [3.63, 3.8) is 0 Å². The normalized spacial score (nSPS) is 13.1. The lowest BCUT2D eigenvalue weighted by molar-refractivity contribution is 0.544. The van der Waals surface area contributed by atoms with E-state index in [1.54, 1.807) is 13.8 Å². The molecule has 6 heteroatoms. The Kier molecular flexibility index (Phi) is 3.76. The van der Waals surface area contributed by atoms with Gasteiger partial charge in [0.25, 0.3) is 0 Å². The summed E-state index contributed by atoms with van der Waals surface area (Å²) >= 11 is 1.44. The zero-order valence-electron chi connectivity index (χ0n) is 10.1. The topological polar surface area (TPSA) is 73.0 Å². The molecular formula is C10H18N2O2S2. The fraction of sp³-hybridized carbons (Fsp3) is 0.700. The number of aryl methyl sites for hydroxylation is 2. The SMILES string of the molecule is Cc1nc(CS(=O)(=O)CC(C)(C)N)sc1C. The Morgan fingerprint density at radius 2 is 1.94 bits per heavy atom. The maximum Gasteiger partial charge on any atom is 0.158 e. The second-order valence-electron chi connectivity index (χ2n) is 4.77. The molecular weight excluding hydrogens is 244 g/mol. The van der Waals surface area contributed by atoms with Gasteiger partial charge < -0.3 is 5.73 Å². The average molecular weight is 262 g/mol. The molecule has 1 aromatic heterocycles. The molecule has 1 rings (SSSR count). The fourth-order valence-electron chi connectivity index (χ4n) is 1.41. The van der Waals surface area contributed by atoms with E-state index in [2.05, 4.69) is 4.98 Å². The summed E-state index contributed by atoms with van der Waals surface area (Å²) in [5.41, 5.74) is 5.92. The van der Waals surface area contributed by atoms with Crippen LogP contribution < -0.4 is 5.73 Å². The maximum atomic E-state index is 11.8. The molecule has 0 atom stereocenters. The van der Waals surface area contributed by atoms with Crippen molar-refractivity contribution in [1.29, 1.82) is 0 Å². The first kappa shape index (κ1) is 13.6. The van der Waals surface area contributed by atoms with Crippen LogP contribution in [0.2, 0.25) is 0 Å². The Hall–Kier alpha value is -0.460. The summed E-state index contributed by atoms with van der Waals surface area (Å²) in [6.45, 7) is 7.25. The standard InChI is InChI=1S/C10H18N2O2S2/c1-7-8(2)15-9(12-7)5-16(13,14)6-10(3,4)11/h5-6,11H2,1-4H3. The van der Waals surface area contributed by atoms with Crippen LogP contribution in [0.25, 0.3) is 0 Å². The number of aromatic nitrogens is 1. The molecule has 0 bridgehead atoms. The summed E-state index contributed by atoms with van der Waals surface area (Å²) in [4.78, 5) is 5.29. The molecule has 1 heterocycles. The molecule has 0 saturated heterocycles. The van der Waals surface area contributed by atoms with Crippen molar-refractivity contribution in [2.75, 3.05) is 5.75 Å². The molecule has 1 aromatic rings. The van der Waals surface area contributed by atoms with E-state index in [9.17, 15) is 8.42 Å². The van der Waals surface area contributed by atoms with E-state index < -0.39 is 15.4 Å².